The first-order valence-electron chi connectivity index (χ1n) is 8.74. The normalized spacial score (nSPS) is 11.1. The Hall–Kier alpha value is -2.66. The first-order chi connectivity index (χ1) is 12.8. The van der Waals surface area contributed by atoms with Gasteiger partial charge in [0.2, 0.25) is 0 Å². The summed E-state index contributed by atoms with van der Waals surface area (Å²) >= 11 is 1.54. The molecule has 0 spiro atoms. The van der Waals surface area contributed by atoms with E-state index in [0.29, 0.717) is 18.7 Å². The first kappa shape index (κ1) is 18.1. The zero-order chi connectivity index (χ0) is 18.2. The van der Waals surface area contributed by atoms with Crippen molar-refractivity contribution < 1.29 is 9.53 Å². The average Bonchev–Trinajstić information content (AvgIpc) is 3.14. The summed E-state index contributed by atoms with van der Waals surface area (Å²) in [5, 5.41) is 2.96. The van der Waals surface area contributed by atoms with E-state index in [4.69, 9.17) is 4.74 Å². The Morgan fingerprint density at radius 2 is 2.15 bits per heavy atom. The van der Waals surface area contributed by atoms with Gasteiger partial charge in [-0.05, 0) is 48.7 Å². The second kappa shape index (κ2) is 9.15. The van der Waals surface area contributed by atoms with Gasteiger partial charge < -0.3 is 10.1 Å². The Kier molecular flexibility index (Phi) is 6.39. The van der Waals surface area contributed by atoms with E-state index in [-0.39, 0.29) is 5.91 Å². The topological polar surface area (TPSA) is 51.2 Å². The van der Waals surface area contributed by atoms with Gasteiger partial charge in [0.25, 0.3) is 5.91 Å². The number of allylic oxidation sites excluding steroid dienone is 1. The zero-order valence-corrected chi connectivity index (χ0v) is 15.6. The number of aromatic nitrogens is 1. The van der Waals surface area contributed by atoms with Crippen LogP contribution in [0, 0.1) is 0 Å². The van der Waals surface area contributed by atoms with Crippen molar-refractivity contribution in [3.63, 3.8) is 0 Å². The third-order valence-electron chi connectivity index (χ3n) is 3.90. The molecule has 0 aliphatic heterocycles. The molecule has 0 aliphatic rings. The minimum Gasteiger partial charge on any atom is -0.493 e. The van der Waals surface area contributed by atoms with E-state index in [9.17, 15) is 4.79 Å². The molecule has 0 saturated heterocycles. The molecule has 1 aromatic heterocycles. The summed E-state index contributed by atoms with van der Waals surface area (Å²) in [7, 11) is 0. The molecule has 134 valence electrons. The van der Waals surface area contributed by atoms with Gasteiger partial charge in [0.1, 0.15) is 5.75 Å². The molecule has 26 heavy (non-hydrogen) atoms. The number of thiazole rings is 1. The zero-order valence-electron chi connectivity index (χ0n) is 14.8. The summed E-state index contributed by atoms with van der Waals surface area (Å²) < 4.78 is 6.77. The number of ether oxygens (including phenoxy) is 1. The van der Waals surface area contributed by atoms with Crippen molar-refractivity contribution in [3.05, 3.63) is 71.3 Å². The fourth-order valence-electron chi connectivity index (χ4n) is 2.56. The van der Waals surface area contributed by atoms with Gasteiger partial charge in [0.15, 0.2) is 0 Å². The van der Waals surface area contributed by atoms with Gasteiger partial charge in [-0.25, -0.2) is 4.98 Å². The predicted octanol–water partition coefficient (Wildman–Crippen LogP) is 4.96. The maximum absolute atomic E-state index is 12.4. The van der Waals surface area contributed by atoms with Gasteiger partial charge in [-0.1, -0.05) is 31.2 Å². The maximum Gasteiger partial charge on any atom is 0.251 e. The number of amides is 1. The second-order valence-corrected chi connectivity index (χ2v) is 6.77. The first-order valence-corrected chi connectivity index (χ1v) is 9.62. The lowest BCUT2D eigenvalue weighted by Crippen LogP contribution is -2.22. The van der Waals surface area contributed by atoms with Crippen LogP contribution in [0.2, 0.25) is 0 Å². The van der Waals surface area contributed by atoms with Gasteiger partial charge in [-0.3, -0.25) is 4.79 Å². The van der Waals surface area contributed by atoms with E-state index < -0.39 is 0 Å². The Morgan fingerprint density at radius 1 is 1.23 bits per heavy atom. The molecular weight excluding hydrogens is 344 g/mol. The Morgan fingerprint density at radius 3 is 3.04 bits per heavy atom. The van der Waals surface area contributed by atoms with Gasteiger partial charge >= 0.3 is 0 Å². The Labute approximate surface area is 157 Å². The molecule has 0 bridgehead atoms. The molecule has 3 aromatic rings. The SMILES string of the molecule is CCC=CCCOc1cccc(CNC(=O)c2ccc3ncsc3c2)c1. The number of rotatable bonds is 8. The van der Waals surface area contributed by atoms with E-state index >= 15 is 0 Å². The Bertz CT molecular complexity index is 902. The van der Waals surface area contributed by atoms with Crippen molar-refractivity contribution in [2.45, 2.75) is 26.3 Å². The highest BCUT2D eigenvalue weighted by molar-refractivity contribution is 7.16. The molecule has 3 rings (SSSR count). The van der Waals surface area contributed by atoms with Crippen molar-refractivity contribution in [2.24, 2.45) is 0 Å². The lowest BCUT2D eigenvalue weighted by atomic mass is 10.2. The van der Waals surface area contributed by atoms with Crippen LogP contribution in [0.1, 0.15) is 35.7 Å². The van der Waals surface area contributed by atoms with Crippen LogP contribution in [-0.2, 0) is 6.54 Å². The molecule has 0 atom stereocenters. The van der Waals surface area contributed by atoms with E-state index in [2.05, 4.69) is 29.4 Å². The van der Waals surface area contributed by atoms with E-state index in [0.717, 1.165) is 34.4 Å². The number of hydrogen-bond acceptors (Lipinski definition) is 4. The van der Waals surface area contributed by atoms with Crippen LogP contribution in [0.3, 0.4) is 0 Å². The number of nitrogens with zero attached hydrogens (tertiary/aromatic N) is 1. The summed E-state index contributed by atoms with van der Waals surface area (Å²) in [6.07, 6.45) is 6.21. The second-order valence-electron chi connectivity index (χ2n) is 5.88. The molecule has 4 nitrogen and oxygen atoms in total. The van der Waals surface area contributed by atoms with Crippen LogP contribution in [-0.4, -0.2) is 17.5 Å². The number of fused-ring (bicyclic) bond motifs is 1. The molecule has 1 amide bonds. The van der Waals surface area contributed by atoms with E-state index in [1.807, 2.05) is 36.4 Å². The minimum atomic E-state index is -0.0867. The van der Waals surface area contributed by atoms with Crippen LogP contribution < -0.4 is 10.1 Å². The summed E-state index contributed by atoms with van der Waals surface area (Å²) in [5.41, 5.74) is 4.37. The molecule has 1 heterocycles. The van der Waals surface area contributed by atoms with Crippen LogP contribution >= 0.6 is 11.3 Å². The summed E-state index contributed by atoms with van der Waals surface area (Å²) in [6, 6.07) is 13.4. The number of carbonyl (C=O) groups excluding carboxylic acids is 1. The van der Waals surface area contributed by atoms with Crippen LogP contribution in [0.4, 0.5) is 0 Å². The third kappa shape index (κ3) is 4.92. The van der Waals surface area contributed by atoms with Crippen LogP contribution in [0.5, 0.6) is 5.75 Å². The lowest BCUT2D eigenvalue weighted by molar-refractivity contribution is 0.0951. The Balaban J connectivity index is 1.54. The molecule has 0 radical (unpaired) electrons. The highest BCUT2D eigenvalue weighted by Gasteiger charge is 2.07. The fourth-order valence-corrected chi connectivity index (χ4v) is 3.27. The molecule has 0 fully saturated rings. The van der Waals surface area contributed by atoms with Gasteiger partial charge in [0, 0.05) is 12.1 Å². The van der Waals surface area contributed by atoms with Crippen molar-refractivity contribution in [2.75, 3.05) is 6.61 Å². The number of benzene rings is 2. The smallest absolute Gasteiger partial charge is 0.251 e. The molecule has 5 heteroatoms. The molecule has 1 N–H and O–H groups in total. The third-order valence-corrected chi connectivity index (χ3v) is 4.69. The van der Waals surface area contributed by atoms with Crippen molar-refractivity contribution in [1.82, 2.24) is 10.3 Å². The maximum atomic E-state index is 12.4. The van der Waals surface area contributed by atoms with Gasteiger partial charge in [-0.15, -0.1) is 11.3 Å². The summed E-state index contributed by atoms with van der Waals surface area (Å²) in [4.78, 5) is 16.6. The van der Waals surface area contributed by atoms with E-state index in [1.54, 1.807) is 11.6 Å². The molecular formula is C21H22N2O2S. The monoisotopic (exact) mass is 366 g/mol. The molecule has 0 saturated carbocycles. The fraction of sp³-hybridized carbons (Fsp3) is 0.238. The van der Waals surface area contributed by atoms with Crippen LogP contribution in [0.25, 0.3) is 10.2 Å². The highest BCUT2D eigenvalue weighted by atomic mass is 32.1. The summed E-state index contributed by atoms with van der Waals surface area (Å²) in [6.45, 7) is 3.23. The van der Waals surface area contributed by atoms with Crippen molar-refractivity contribution in [1.29, 1.82) is 0 Å². The summed E-state index contributed by atoms with van der Waals surface area (Å²) in [5.74, 6) is 0.740. The standard InChI is InChI=1S/C21H22N2O2S/c1-2-3-4-5-11-25-18-8-6-7-16(12-18)14-22-21(24)17-9-10-19-20(13-17)26-15-23-19/h3-4,6-10,12-13,15H,2,5,11,14H2,1H3,(H,22,24). The number of carbonyl (C=O) groups is 1. The lowest BCUT2D eigenvalue weighted by Gasteiger charge is -2.09. The van der Waals surface area contributed by atoms with Crippen LogP contribution in [0.15, 0.2) is 60.1 Å². The minimum absolute atomic E-state index is 0.0867. The molecule has 0 aliphatic carbocycles. The average molecular weight is 366 g/mol. The largest absolute Gasteiger partial charge is 0.493 e. The number of hydrogen-bond donors (Lipinski definition) is 1. The quantitative estimate of drug-likeness (QED) is 0.453. The van der Waals surface area contributed by atoms with Crippen molar-refractivity contribution in [3.8, 4) is 5.75 Å². The van der Waals surface area contributed by atoms with Gasteiger partial charge in [0.05, 0.1) is 22.3 Å². The predicted molar refractivity (Wildman–Crippen MR) is 107 cm³/mol. The van der Waals surface area contributed by atoms with Crippen molar-refractivity contribution >= 4 is 27.5 Å². The number of nitrogens with one attached hydrogen (secondary N) is 1. The van der Waals surface area contributed by atoms with Gasteiger partial charge in [-0.2, -0.15) is 0 Å². The molecule has 2 aromatic carbocycles. The van der Waals surface area contributed by atoms with E-state index in [1.165, 1.54) is 11.3 Å². The highest BCUT2D eigenvalue weighted by Crippen LogP contribution is 2.19. The molecule has 0 unspecified atom stereocenters.